The molecule has 0 bridgehead atoms. The highest BCUT2D eigenvalue weighted by Gasteiger charge is 2.22. The van der Waals surface area contributed by atoms with Crippen LogP contribution in [0.1, 0.15) is 322 Å². The van der Waals surface area contributed by atoms with Gasteiger partial charge in [-0.05, 0) is 116 Å². The number of quaternary nitrogens is 1. The molecule has 93 heavy (non-hydrogen) atoms. The van der Waals surface area contributed by atoms with Crippen LogP contribution in [0, 0.1) is 0 Å². The maximum atomic E-state index is 12.9. The van der Waals surface area contributed by atoms with Gasteiger partial charge < -0.3 is 33.3 Å². The van der Waals surface area contributed by atoms with Crippen molar-refractivity contribution in [3.05, 3.63) is 134 Å². The van der Waals surface area contributed by atoms with Crippen LogP contribution in [-0.4, -0.2) is 82.3 Å². The topological polar surface area (TPSA) is 111 Å². The third-order valence-corrected chi connectivity index (χ3v) is 16.4. The molecular weight excluding hydrogens is 1150 g/mol. The van der Waals surface area contributed by atoms with Gasteiger partial charge >= 0.3 is 11.9 Å². The van der Waals surface area contributed by atoms with Gasteiger partial charge in [0.1, 0.15) is 13.2 Å². The number of carbonyl (C=O) groups excluding carboxylic acids is 3. The molecule has 2 atom stereocenters. The van der Waals surface area contributed by atoms with Crippen molar-refractivity contribution in [2.24, 2.45) is 0 Å². The smallest absolute Gasteiger partial charge is 0.306 e. The Morgan fingerprint density at radius 1 is 0.333 bits per heavy atom. The third-order valence-electron chi connectivity index (χ3n) is 16.4. The van der Waals surface area contributed by atoms with Gasteiger partial charge in [0.05, 0.1) is 40.3 Å². The molecule has 0 amide bonds. The average molecular weight is 1300 g/mol. The summed E-state index contributed by atoms with van der Waals surface area (Å²) in [6.07, 6.45) is 103. The molecule has 0 N–H and O–H groups in total. The SMILES string of the molecule is CC/C=C\C/C=C\C/C=C\C/C=C\C/C=C\C/C=C\C/C=C\C/C=C\CCCCC(=O)OC(COC(=O)CCCCCCCCCCCCCCCCCCCCCCCCCCCC/C=C\C/C=C\C/C=C\CCCCCCC)COC(OCC[N+](C)(C)C)C(=O)[O-]. The molecule has 0 aromatic rings. The highest BCUT2D eigenvalue weighted by atomic mass is 16.7. The van der Waals surface area contributed by atoms with Crippen LogP contribution in [0.5, 0.6) is 0 Å². The van der Waals surface area contributed by atoms with Crippen LogP contribution in [-0.2, 0) is 33.3 Å². The summed E-state index contributed by atoms with van der Waals surface area (Å²) in [6, 6.07) is 0. The van der Waals surface area contributed by atoms with Crippen LogP contribution < -0.4 is 5.11 Å². The fraction of sp³-hybridized carbons (Fsp3) is 0.702. The highest BCUT2D eigenvalue weighted by molar-refractivity contribution is 5.70. The molecular formula is C84H143NO8. The van der Waals surface area contributed by atoms with Crippen LogP contribution in [0.4, 0.5) is 0 Å². The average Bonchev–Trinajstić information content (AvgIpc) is 3.38. The number of nitrogens with zero attached hydrogens (tertiary/aromatic N) is 1. The minimum atomic E-state index is -1.64. The molecule has 9 nitrogen and oxygen atoms in total. The minimum absolute atomic E-state index is 0.134. The van der Waals surface area contributed by atoms with Gasteiger partial charge in [0.15, 0.2) is 12.4 Å². The molecule has 2 unspecified atom stereocenters. The number of allylic oxidation sites excluding steroid dienone is 22. The lowest BCUT2D eigenvalue weighted by Gasteiger charge is -2.26. The van der Waals surface area contributed by atoms with Crippen molar-refractivity contribution in [3.8, 4) is 0 Å². The lowest BCUT2D eigenvalue weighted by atomic mass is 10.0. The molecule has 0 saturated heterocycles. The van der Waals surface area contributed by atoms with Gasteiger partial charge in [0.25, 0.3) is 0 Å². The van der Waals surface area contributed by atoms with Crippen molar-refractivity contribution in [3.63, 3.8) is 0 Å². The maximum Gasteiger partial charge on any atom is 0.306 e. The number of hydrogen-bond donors (Lipinski definition) is 0. The molecule has 0 radical (unpaired) electrons. The highest BCUT2D eigenvalue weighted by Crippen LogP contribution is 2.18. The first-order chi connectivity index (χ1) is 45.6. The van der Waals surface area contributed by atoms with Gasteiger partial charge in [0.2, 0.25) is 0 Å². The molecule has 0 fully saturated rings. The fourth-order valence-corrected chi connectivity index (χ4v) is 10.6. The fourth-order valence-electron chi connectivity index (χ4n) is 10.6. The van der Waals surface area contributed by atoms with Crippen LogP contribution in [0.15, 0.2) is 134 Å². The van der Waals surface area contributed by atoms with E-state index in [1.54, 1.807) is 0 Å². The number of carboxylic acid groups (broad SMARTS) is 1. The zero-order valence-electron chi connectivity index (χ0n) is 60.8. The molecule has 9 heteroatoms. The van der Waals surface area contributed by atoms with Crippen LogP contribution >= 0.6 is 0 Å². The summed E-state index contributed by atoms with van der Waals surface area (Å²) in [6.45, 7) is 4.59. The third kappa shape index (κ3) is 74.7. The Morgan fingerprint density at radius 3 is 0.935 bits per heavy atom. The summed E-state index contributed by atoms with van der Waals surface area (Å²) < 4.78 is 22.8. The van der Waals surface area contributed by atoms with E-state index in [0.717, 1.165) is 96.3 Å². The van der Waals surface area contributed by atoms with Crippen molar-refractivity contribution in [2.45, 2.75) is 334 Å². The summed E-state index contributed by atoms with van der Waals surface area (Å²) in [7, 11) is 5.91. The Balaban J connectivity index is 4.06. The maximum absolute atomic E-state index is 12.9. The predicted octanol–water partition coefficient (Wildman–Crippen LogP) is 23.1. The molecule has 532 valence electrons. The van der Waals surface area contributed by atoms with Crippen LogP contribution in [0.2, 0.25) is 0 Å². The van der Waals surface area contributed by atoms with Crippen molar-refractivity contribution in [1.29, 1.82) is 0 Å². The Bertz CT molecular complexity index is 2000. The van der Waals surface area contributed by atoms with Gasteiger partial charge in [-0.1, -0.05) is 327 Å². The Hall–Kier alpha value is -4.57. The second kappa shape index (κ2) is 73.2. The summed E-state index contributed by atoms with van der Waals surface area (Å²) in [5.74, 6) is -2.34. The Labute approximate surface area is 573 Å². The lowest BCUT2D eigenvalue weighted by molar-refractivity contribution is -0.870. The number of aliphatic carboxylic acids is 1. The molecule has 0 saturated carbocycles. The standard InChI is InChI=1S/C84H143NO8/c1-6-8-10-12-14-16-18-20-22-24-26-28-30-32-34-35-36-37-38-39-40-41-42-43-44-45-46-47-49-50-52-54-56-58-60-62-64-66-68-70-72-74-81(86)91-78-80(79-92-84(83(88)89)90-77-76-85(3,4)5)93-82(87)75-73-71-69-67-65-63-61-59-57-55-53-51-48-33-31-29-27-25-23-21-19-17-15-13-11-9-7-2/h9,11,15,17-18,20-21,23-24,26-27,29-30,32-33,48,53,55,59,61,65,67,80,84H,6-8,10,12-14,16,19,22,25,28,31,34-47,49-52,54,56-58,60,62-64,66,68-79H2,1-5H3/b11-9-,17-15-,20-18-,23-21-,26-24-,29-27-,32-30-,48-33-,55-53-,61-59-,67-65-. The van der Waals surface area contributed by atoms with E-state index in [4.69, 9.17) is 18.9 Å². The number of carbonyl (C=O) groups is 3. The van der Waals surface area contributed by atoms with Crippen molar-refractivity contribution in [1.82, 2.24) is 0 Å². The molecule has 0 aliphatic heterocycles. The molecule has 0 aliphatic rings. The lowest BCUT2D eigenvalue weighted by Crippen LogP contribution is -2.44. The van der Waals surface area contributed by atoms with Gasteiger partial charge in [-0.25, -0.2) is 0 Å². The number of rotatable bonds is 70. The summed E-state index contributed by atoms with van der Waals surface area (Å²) in [4.78, 5) is 37.5. The van der Waals surface area contributed by atoms with Gasteiger partial charge in [0, 0.05) is 12.8 Å². The van der Waals surface area contributed by atoms with Gasteiger partial charge in [-0.2, -0.15) is 0 Å². The normalized spacial score (nSPS) is 13.4. The summed E-state index contributed by atoms with van der Waals surface area (Å²) >= 11 is 0. The number of likely N-dealkylation sites (N-methyl/N-ethyl adjacent to an activating group) is 1. The molecule has 0 aromatic heterocycles. The quantitative estimate of drug-likeness (QED) is 0.0195. The largest absolute Gasteiger partial charge is 0.545 e. The Kier molecular flexibility index (Phi) is 69.6. The number of hydrogen-bond acceptors (Lipinski definition) is 8. The molecule has 0 aliphatic carbocycles. The first-order valence-corrected chi connectivity index (χ1v) is 38.3. The van der Waals surface area contributed by atoms with Crippen LogP contribution in [0.3, 0.4) is 0 Å². The zero-order chi connectivity index (χ0) is 67.5. The summed E-state index contributed by atoms with van der Waals surface area (Å²) in [5, 5.41) is 11.8. The van der Waals surface area contributed by atoms with E-state index in [2.05, 4.69) is 148 Å². The van der Waals surface area contributed by atoms with E-state index in [-0.39, 0.29) is 38.6 Å². The van der Waals surface area contributed by atoms with Crippen molar-refractivity contribution in [2.75, 3.05) is 47.5 Å². The Morgan fingerprint density at radius 2 is 0.613 bits per heavy atom. The number of carboxylic acids is 1. The van der Waals surface area contributed by atoms with E-state index in [9.17, 15) is 19.5 Å². The molecule has 0 rings (SSSR count). The van der Waals surface area contributed by atoms with E-state index in [1.165, 1.54) is 193 Å². The minimum Gasteiger partial charge on any atom is -0.545 e. The van der Waals surface area contributed by atoms with E-state index in [1.807, 2.05) is 21.1 Å². The second-order valence-corrected chi connectivity index (χ2v) is 26.6. The van der Waals surface area contributed by atoms with E-state index in [0.29, 0.717) is 17.4 Å². The molecule has 0 spiro atoms. The van der Waals surface area contributed by atoms with Crippen molar-refractivity contribution >= 4 is 17.9 Å². The van der Waals surface area contributed by atoms with Crippen LogP contribution in [0.25, 0.3) is 0 Å². The monoisotopic (exact) mass is 1290 g/mol. The van der Waals surface area contributed by atoms with Gasteiger partial charge in [-0.3, -0.25) is 9.59 Å². The van der Waals surface area contributed by atoms with E-state index >= 15 is 0 Å². The first kappa shape index (κ1) is 88.4. The first-order valence-electron chi connectivity index (χ1n) is 38.3. The number of ether oxygens (including phenoxy) is 4. The second-order valence-electron chi connectivity index (χ2n) is 26.6. The van der Waals surface area contributed by atoms with Gasteiger partial charge in [-0.15, -0.1) is 0 Å². The van der Waals surface area contributed by atoms with E-state index < -0.39 is 24.3 Å². The number of esters is 2. The number of unbranched alkanes of at least 4 members (excludes halogenated alkanes) is 33. The molecule has 0 aromatic carbocycles. The predicted molar refractivity (Wildman–Crippen MR) is 398 cm³/mol. The zero-order valence-corrected chi connectivity index (χ0v) is 60.8. The molecule has 0 heterocycles. The van der Waals surface area contributed by atoms with Crippen molar-refractivity contribution < 1.29 is 42.9 Å². The summed E-state index contributed by atoms with van der Waals surface area (Å²) in [5.41, 5.74) is 0.